The molecule has 0 bridgehead atoms. The number of H-pyrrole nitrogens is 1. The third kappa shape index (κ3) is 4.25. The second-order valence-corrected chi connectivity index (χ2v) is 10.5. The number of aromatic amines is 1. The fraction of sp³-hybridized carbons (Fsp3) is 0.308. The quantitative estimate of drug-likeness (QED) is 0.424. The molecule has 33 heavy (non-hydrogen) atoms. The van der Waals surface area contributed by atoms with Crippen molar-refractivity contribution in [3.8, 4) is 0 Å². The van der Waals surface area contributed by atoms with E-state index in [1.807, 2.05) is 12.1 Å². The molecule has 1 aliphatic carbocycles. The molecule has 1 aromatic carbocycles. The maximum absolute atomic E-state index is 13.3. The van der Waals surface area contributed by atoms with Crippen molar-refractivity contribution < 1.29 is 4.79 Å². The Morgan fingerprint density at radius 1 is 1.06 bits per heavy atom. The maximum Gasteiger partial charge on any atom is 0.257 e. The van der Waals surface area contributed by atoms with Crippen molar-refractivity contribution in [3.63, 3.8) is 0 Å². The molecule has 0 saturated heterocycles. The number of hydrogen-bond donors (Lipinski definition) is 2. The van der Waals surface area contributed by atoms with Crippen LogP contribution in [0.25, 0.3) is 0 Å². The Kier molecular flexibility index (Phi) is 5.44. The van der Waals surface area contributed by atoms with Crippen LogP contribution < -0.4 is 10.9 Å². The van der Waals surface area contributed by atoms with Crippen molar-refractivity contribution in [3.05, 3.63) is 92.7 Å². The molecule has 7 heteroatoms. The molecular formula is C26H26N4O2S. The molecule has 0 radical (unpaired) electrons. The van der Waals surface area contributed by atoms with Gasteiger partial charge in [0.25, 0.3) is 5.56 Å². The number of hydrogen-bond acceptors (Lipinski definition) is 6. The van der Waals surface area contributed by atoms with Crippen LogP contribution in [-0.4, -0.2) is 20.7 Å². The predicted molar refractivity (Wildman–Crippen MR) is 130 cm³/mol. The van der Waals surface area contributed by atoms with Gasteiger partial charge >= 0.3 is 0 Å². The number of nitrogens with zero attached hydrogens (tertiary/aromatic N) is 2. The number of rotatable bonds is 4. The average molecular weight is 459 g/mol. The van der Waals surface area contributed by atoms with Crippen molar-refractivity contribution in [1.82, 2.24) is 15.0 Å². The van der Waals surface area contributed by atoms with E-state index in [2.05, 4.69) is 60.3 Å². The molecule has 1 atom stereocenters. The number of thioether (sulfide) groups is 1. The molecule has 0 amide bonds. The minimum Gasteiger partial charge on any atom is -0.343 e. The van der Waals surface area contributed by atoms with Crippen LogP contribution in [0.2, 0.25) is 0 Å². The Morgan fingerprint density at radius 3 is 2.52 bits per heavy atom. The fourth-order valence-corrected chi connectivity index (χ4v) is 5.50. The third-order valence-electron chi connectivity index (χ3n) is 6.24. The van der Waals surface area contributed by atoms with Crippen LogP contribution in [0.5, 0.6) is 0 Å². The van der Waals surface area contributed by atoms with Gasteiger partial charge in [0.05, 0.1) is 5.56 Å². The number of aryl methyl sites for hydroxylation is 1. The van der Waals surface area contributed by atoms with E-state index >= 15 is 0 Å². The molecule has 2 aromatic heterocycles. The van der Waals surface area contributed by atoms with E-state index in [0.717, 1.165) is 17.7 Å². The molecule has 5 rings (SSSR count). The topological polar surface area (TPSA) is 87.7 Å². The molecule has 0 saturated carbocycles. The van der Waals surface area contributed by atoms with Gasteiger partial charge in [0.15, 0.2) is 10.9 Å². The highest BCUT2D eigenvalue weighted by Crippen LogP contribution is 2.47. The normalized spacial score (nSPS) is 19.0. The van der Waals surface area contributed by atoms with Crippen LogP contribution in [0.1, 0.15) is 54.9 Å². The fourth-order valence-electron chi connectivity index (χ4n) is 4.69. The van der Waals surface area contributed by atoms with Crippen LogP contribution in [0, 0.1) is 12.3 Å². The van der Waals surface area contributed by atoms with Gasteiger partial charge in [0.1, 0.15) is 5.82 Å². The molecule has 0 spiro atoms. The third-order valence-corrected chi connectivity index (χ3v) is 7.18. The molecule has 168 valence electrons. The minimum atomic E-state index is -0.449. The second kappa shape index (κ2) is 8.30. The Hall–Kier alpha value is -3.19. The van der Waals surface area contributed by atoms with Crippen LogP contribution in [0.15, 0.2) is 70.0 Å². The number of Topliss-reactive ketones (excluding diaryl/α,β-unsaturated/α-hetero) is 1. The number of aromatic nitrogens is 3. The summed E-state index contributed by atoms with van der Waals surface area (Å²) in [5.41, 5.74) is 4.94. The van der Waals surface area contributed by atoms with Crippen molar-refractivity contribution in [2.24, 2.45) is 5.41 Å². The molecule has 3 aromatic rings. The summed E-state index contributed by atoms with van der Waals surface area (Å²) in [4.78, 5) is 38.4. The smallest absolute Gasteiger partial charge is 0.257 e. The monoisotopic (exact) mass is 458 g/mol. The van der Waals surface area contributed by atoms with E-state index in [1.54, 1.807) is 12.4 Å². The first kappa shape index (κ1) is 21.6. The SMILES string of the molecule is Cc1ccc(CSc2nc3c(c(=O)[nH]2)[C@@H](c2ccncc2)C2=C(CC(C)(C)CC2=O)N3)cc1. The second-order valence-electron chi connectivity index (χ2n) is 9.58. The van der Waals surface area contributed by atoms with E-state index < -0.39 is 5.92 Å². The van der Waals surface area contributed by atoms with Gasteiger partial charge in [0, 0.05) is 41.8 Å². The van der Waals surface area contributed by atoms with Gasteiger partial charge in [-0.15, -0.1) is 0 Å². The van der Waals surface area contributed by atoms with Crippen LogP contribution in [-0.2, 0) is 10.5 Å². The highest BCUT2D eigenvalue weighted by atomic mass is 32.2. The number of pyridine rings is 1. The number of carbonyl (C=O) groups is 1. The zero-order valence-corrected chi connectivity index (χ0v) is 19.8. The lowest BCUT2D eigenvalue weighted by atomic mass is 9.69. The van der Waals surface area contributed by atoms with Crippen LogP contribution in [0.3, 0.4) is 0 Å². The van der Waals surface area contributed by atoms with Crippen molar-refractivity contribution >= 4 is 23.4 Å². The number of fused-ring (bicyclic) bond motifs is 1. The Morgan fingerprint density at radius 2 is 1.79 bits per heavy atom. The number of nitrogens with one attached hydrogen (secondary N) is 2. The number of ketones is 1. The number of benzene rings is 1. The summed E-state index contributed by atoms with van der Waals surface area (Å²) in [5.74, 6) is 0.875. The van der Waals surface area contributed by atoms with Gasteiger partial charge in [-0.1, -0.05) is 55.4 Å². The standard InChI is InChI=1S/C26H26N4O2S/c1-15-4-6-16(7-5-15)14-33-25-29-23-22(24(32)30-25)20(17-8-10-27-11-9-17)21-18(28-23)12-26(2,3)13-19(21)31/h4-11,20H,12-14H2,1-3H3,(H2,28,29,30,32)/t20-/m0/s1. The number of allylic oxidation sites excluding steroid dienone is 2. The van der Waals surface area contributed by atoms with Crippen molar-refractivity contribution in [1.29, 1.82) is 0 Å². The minimum absolute atomic E-state index is 0.0819. The largest absolute Gasteiger partial charge is 0.343 e. The molecule has 2 aliphatic rings. The molecular weight excluding hydrogens is 432 g/mol. The number of carbonyl (C=O) groups excluding carboxylic acids is 1. The summed E-state index contributed by atoms with van der Waals surface area (Å²) >= 11 is 1.49. The highest BCUT2D eigenvalue weighted by molar-refractivity contribution is 7.98. The van der Waals surface area contributed by atoms with Gasteiger partial charge in [-0.3, -0.25) is 14.6 Å². The first-order valence-corrected chi connectivity index (χ1v) is 12.0. The van der Waals surface area contributed by atoms with Crippen molar-refractivity contribution in [2.75, 3.05) is 5.32 Å². The first-order valence-electron chi connectivity index (χ1n) is 11.1. The lowest BCUT2D eigenvalue weighted by Gasteiger charge is -2.38. The molecule has 0 fully saturated rings. The first-order chi connectivity index (χ1) is 15.8. The molecule has 3 heterocycles. The Labute approximate surface area is 197 Å². The number of anilines is 1. The van der Waals surface area contributed by atoms with Crippen molar-refractivity contribution in [2.45, 2.75) is 50.4 Å². The summed E-state index contributed by atoms with van der Waals surface area (Å²) < 4.78 is 0. The van der Waals surface area contributed by atoms with Gasteiger partial charge in [-0.2, -0.15) is 0 Å². The summed E-state index contributed by atoms with van der Waals surface area (Å²) in [7, 11) is 0. The lowest BCUT2D eigenvalue weighted by molar-refractivity contribution is -0.118. The average Bonchev–Trinajstić information content (AvgIpc) is 2.77. The van der Waals surface area contributed by atoms with Crippen LogP contribution >= 0.6 is 11.8 Å². The lowest BCUT2D eigenvalue weighted by Crippen LogP contribution is -2.37. The van der Waals surface area contributed by atoms with E-state index in [-0.39, 0.29) is 16.8 Å². The predicted octanol–water partition coefficient (Wildman–Crippen LogP) is 4.97. The summed E-state index contributed by atoms with van der Waals surface area (Å²) in [6, 6.07) is 12.1. The molecule has 1 aliphatic heterocycles. The van der Waals surface area contributed by atoms with Gasteiger partial charge < -0.3 is 10.3 Å². The van der Waals surface area contributed by atoms with Crippen LogP contribution in [0.4, 0.5) is 5.82 Å². The zero-order chi connectivity index (χ0) is 23.2. The summed E-state index contributed by atoms with van der Waals surface area (Å²) in [6.07, 6.45) is 4.58. The van der Waals surface area contributed by atoms with E-state index in [1.165, 1.54) is 22.9 Å². The summed E-state index contributed by atoms with van der Waals surface area (Å²) in [5, 5.41) is 3.93. The molecule has 2 N–H and O–H groups in total. The van der Waals surface area contributed by atoms with Gasteiger partial charge in [-0.25, -0.2) is 4.98 Å². The maximum atomic E-state index is 13.3. The van der Waals surface area contributed by atoms with E-state index in [4.69, 9.17) is 4.98 Å². The van der Waals surface area contributed by atoms with Gasteiger partial charge in [-0.05, 0) is 42.0 Å². The highest BCUT2D eigenvalue weighted by Gasteiger charge is 2.42. The van der Waals surface area contributed by atoms with Gasteiger partial charge in [0.2, 0.25) is 0 Å². The molecule has 6 nitrogen and oxygen atoms in total. The Balaban J connectivity index is 1.56. The zero-order valence-electron chi connectivity index (χ0n) is 18.9. The summed E-state index contributed by atoms with van der Waals surface area (Å²) in [6.45, 7) is 6.26. The van der Waals surface area contributed by atoms with E-state index in [9.17, 15) is 9.59 Å². The molecule has 0 unspecified atom stereocenters. The van der Waals surface area contributed by atoms with E-state index in [0.29, 0.717) is 34.3 Å². The Bertz CT molecular complexity index is 1310.